The van der Waals surface area contributed by atoms with E-state index in [2.05, 4.69) is 11.1 Å². The zero-order chi connectivity index (χ0) is 21.0. The summed E-state index contributed by atoms with van der Waals surface area (Å²) in [5.41, 5.74) is 1.79. The van der Waals surface area contributed by atoms with Gasteiger partial charge in [0.05, 0.1) is 63.3 Å². The molecule has 1 heterocycles. The second kappa shape index (κ2) is 8.90. The van der Waals surface area contributed by atoms with Gasteiger partial charge in [0.25, 0.3) is 5.91 Å². The number of quaternary nitrogens is 1. The first-order valence-electron chi connectivity index (χ1n) is 9.10. The number of ether oxygens (including phenoxy) is 2. The monoisotopic (exact) mass is 411 g/mol. The smallest absolute Gasteiger partial charge is 0.260 e. The normalized spacial score (nSPS) is 10.8. The van der Waals surface area contributed by atoms with Gasteiger partial charge in [0, 0.05) is 17.7 Å². The van der Waals surface area contributed by atoms with E-state index in [-0.39, 0.29) is 5.91 Å². The van der Waals surface area contributed by atoms with E-state index in [1.165, 1.54) is 16.2 Å². The Balaban J connectivity index is 2.01. The lowest BCUT2D eigenvalue weighted by Gasteiger charge is -2.20. The number of anilines is 1. The van der Waals surface area contributed by atoms with E-state index in [0.29, 0.717) is 34.3 Å². The predicted octanol–water partition coefficient (Wildman–Crippen LogP) is 1.98. The molecule has 0 aliphatic rings. The van der Waals surface area contributed by atoms with Crippen molar-refractivity contribution in [2.45, 2.75) is 0 Å². The number of benzene rings is 2. The quantitative estimate of drug-likeness (QED) is 0.643. The lowest BCUT2D eigenvalue weighted by molar-refractivity contribution is -0.856. The van der Waals surface area contributed by atoms with Gasteiger partial charge < -0.3 is 14.4 Å². The number of nitrogens with zero attached hydrogens (tertiary/aromatic N) is 3. The van der Waals surface area contributed by atoms with Crippen molar-refractivity contribution < 1.29 is 19.2 Å². The van der Waals surface area contributed by atoms with Crippen LogP contribution >= 0.6 is 11.3 Å². The third kappa shape index (κ3) is 4.47. The standard InChI is InChI=1S/C21H22N4O3S/c1-24(2)9-10-25(20(26)15-7-5-14(13-22)6-8-15)21-23-16-11-17(27-3)18(28-4)12-19(16)29-21/h5-8,11-12H,9-10H2,1-4H3/p+1. The van der Waals surface area contributed by atoms with Crippen LogP contribution < -0.4 is 19.3 Å². The molecular formula is C21H23N4O3S+. The van der Waals surface area contributed by atoms with E-state index in [4.69, 9.17) is 14.7 Å². The summed E-state index contributed by atoms with van der Waals surface area (Å²) in [7, 11) is 7.25. The molecule has 0 saturated carbocycles. The average molecular weight is 412 g/mol. The molecule has 3 rings (SSSR count). The molecule has 0 saturated heterocycles. The van der Waals surface area contributed by atoms with Crippen molar-refractivity contribution in [3.8, 4) is 17.6 Å². The fraction of sp³-hybridized carbons (Fsp3) is 0.286. The maximum atomic E-state index is 13.2. The summed E-state index contributed by atoms with van der Waals surface area (Å²) in [6.07, 6.45) is 0. The molecule has 0 unspecified atom stereocenters. The van der Waals surface area contributed by atoms with E-state index in [9.17, 15) is 4.79 Å². The summed E-state index contributed by atoms with van der Waals surface area (Å²) in [5.74, 6) is 1.08. The van der Waals surface area contributed by atoms with Crippen LogP contribution in [-0.2, 0) is 0 Å². The van der Waals surface area contributed by atoms with Crippen molar-refractivity contribution in [1.82, 2.24) is 4.98 Å². The van der Waals surface area contributed by atoms with E-state index in [1.807, 2.05) is 26.2 Å². The second-order valence-electron chi connectivity index (χ2n) is 6.77. The van der Waals surface area contributed by atoms with E-state index in [0.717, 1.165) is 16.8 Å². The molecule has 7 nitrogen and oxygen atoms in total. The first kappa shape index (κ1) is 20.6. The van der Waals surface area contributed by atoms with Gasteiger partial charge in [-0.15, -0.1) is 0 Å². The number of carbonyl (C=O) groups is 1. The zero-order valence-electron chi connectivity index (χ0n) is 16.9. The molecule has 0 aliphatic heterocycles. The summed E-state index contributed by atoms with van der Waals surface area (Å²) >= 11 is 1.43. The Labute approximate surface area is 173 Å². The Morgan fingerprint density at radius 1 is 1.17 bits per heavy atom. The SMILES string of the molecule is COc1cc2nc(N(CC[NH+](C)C)C(=O)c3ccc(C#N)cc3)sc2cc1OC. The number of thiazole rings is 1. The molecule has 0 atom stereocenters. The molecule has 1 N–H and O–H groups in total. The Morgan fingerprint density at radius 3 is 2.41 bits per heavy atom. The van der Waals surface area contributed by atoms with Crippen LogP contribution in [0.15, 0.2) is 36.4 Å². The van der Waals surface area contributed by atoms with Gasteiger partial charge in [-0.25, -0.2) is 4.98 Å². The molecule has 0 spiro atoms. The van der Waals surface area contributed by atoms with Crippen molar-refractivity contribution in [2.24, 2.45) is 0 Å². The number of fused-ring (bicyclic) bond motifs is 1. The minimum atomic E-state index is -0.145. The molecule has 0 fully saturated rings. The van der Waals surface area contributed by atoms with Crippen molar-refractivity contribution in [1.29, 1.82) is 5.26 Å². The number of likely N-dealkylation sites (N-methyl/N-ethyl adjacent to an activating group) is 1. The lowest BCUT2D eigenvalue weighted by Crippen LogP contribution is -3.06. The van der Waals surface area contributed by atoms with Crippen LogP contribution in [0.4, 0.5) is 5.13 Å². The minimum Gasteiger partial charge on any atom is -0.493 e. The zero-order valence-corrected chi connectivity index (χ0v) is 17.7. The van der Waals surface area contributed by atoms with Crippen molar-refractivity contribution in [2.75, 3.05) is 46.3 Å². The number of nitriles is 1. The molecule has 1 aromatic heterocycles. The van der Waals surface area contributed by atoms with Gasteiger partial charge in [-0.05, 0) is 24.3 Å². The Kier molecular flexibility index (Phi) is 6.32. The highest BCUT2D eigenvalue weighted by Crippen LogP contribution is 2.37. The first-order chi connectivity index (χ1) is 14.0. The second-order valence-corrected chi connectivity index (χ2v) is 7.78. The summed E-state index contributed by atoms with van der Waals surface area (Å²) < 4.78 is 11.6. The molecule has 2 aromatic carbocycles. The van der Waals surface area contributed by atoms with Crippen LogP contribution in [-0.4, -0.2) is 52.3 Å². The molecule has 3 aromatic rings. The molecule has 8 heteroatoms. The number of methoxy groups -OCH3 is 2. The molecule has 29 heavy (non-hydrogen) atoms. The molecule has 0 radical (unpaired) electrons. The van der Waals surface area contributed by atoms with Gasteiger partial charge in [0.15, 0.2) is 16.6 Å². The van der Waals surface area contributed by atoms with E-state index >= 15 is 0 Å². The fourth-order valence-electron chi connectivity index (χ4n) is 2.82. The van der Waals surface area contributed by atoms with Gasteiger partial charge in [-0.1, -0.05) is 11.3 Å². The number of hydrogen-bond acceptors (Lipinski definition) is 6. The van der Waals surface area contributed by atoms with Crippen molar-refractivity contribution in [3.05, 3.63) is 47.5 Å². The Morgan fingerprint density at radius 2 is 1.83 bits per heavy atom. The molecule has 0 bridgehead atoms. The number of hydrogen-bond donors (Lipinski definition) is 1. The van der Waals surface area contributed by atoms with Gasteiger partial charge in [0.2, 0.25) is 0 Å². The summed E-state index contributed by atoms with van der Waals surface area (Å²) in [4.78, 5) is 20.8. The Hall–Kier alpha value is -3.15. The summed E-state index contributed by atoms with van der Waals surface area (Å²) in [5, 5.41) is 9.61. The number of aromatic nitrogens is 1. The minimum absolute atomic E-state index is 0.145. The number of carbonyl (C=O) groups excluding carboxylic acids is 1. The van der Waals surface area contributed by atoms with Crippen LogP contribution in [0, 0.1) is 11.3 Å². The Bertz CT molecular complexity index is 1010. The largest absolute Gasteiger partial charge is 0.493 e. The third-order valence-electron chi connectivity index (χ3n) is 4.45. The van der Waals surface area contributed by atoms with Gasteiger partial charge >= 0.3 is 0 Å². The average Bonchev–Trinajstić information content (AvgIpc) is 3.14. The van der Waals surface area contributed by atoms with Gasteiger partial charge in [-0.2, -0.15) is 5.26 Å². The first-order valence-corrected chi connectivity index (χ1v) is 9.92. The molecule has 1 amide bonds. The predicted molar refractivity (Wildman–Crippen MR) is 113 cm³/mol. The molecule has 0 aliphatic carbocycles. The molecule has 150 valence electrons. The number of nitrogens with one attached hydrogen (secondary N) is 1. The summed E-state index contributed by atoms with van der Waals surface area (Å²) in [6, 6.07) is 12.4. The van der Waals surface area contributed by atoms with Crippen LogP contribution in [0.25, 0.3) is 10.2 Å². The van der Waals surface area contributed by atoms with Crippen LogP contribution in [0.2, 0.25) is 0 Å². The highest BCUT2D eigenvalue weighted by atomic mass is 32.1. The van der Waals surface area contributed by atoms with Crippen LogP contribution in [0.3, 0.4) is 0 Å². The lowest BCUT2D eigenvalue weighted by atomic mass is 10.1. The van der Waals surface area contributed by atoms with Gasteiger partial charge in [0.1, 0.15) is 0 Å². The summed E-state index contributed by atoms with van der Waals surface area (Å²) in [6.45, 7) is 1.29. The van der Waals surface area contributed by atoms with Crippen molar-refractivity contribution >= 4 is 32.6 Å². The highest BCUT2D eigenvalue weighted by molar-refractivity contribution is 7.22. The number of rotatable bonds is 7. The van der Waals surface area contributed by atoms with Crippen molar-refractivity contribution in [3.63, 3.8) is 0 Å². The maximum absolute atomic E-state index is 13.2. The van der Waals surface area contributed by atoms with Crippen LogP contribution in [0.1, 0.15) is 15.9 Å². The topological polar surface area (TPSA) is 79.9 Å². The van der Waals surface area contributed by atoms with E-state index < -0.39 is 0 Å². The fourth-order valence-corrected chi connectivity index (χ4v) is 3.82. The third-order valence-corrected chi connectivity index (χ3v) is 5.50. The molecular weight excluding hydrogens is 388 g/mol. The van der Waals surface area contributed by atoms with E-state index in [1.54, 1.807) is 43.4 Å². The highest BCUT2D eigenvalue weighted by Gasteiger charge is 2.23. The van der Waals surface area contributed by atoms with Gasteiger partial charge in [-0.3, -0.25) is 9.69 Å². The number of amides is 1. The van der Waals surface area contributed by atoms with Crippen LogP contribution in [0.5, 0.6) is 11.5 Å². The maximum Gasteiger partial charge on any atom is 0.260 e.